The van der Waals surface area contributed by atoms with Crippen LogP contribution in [-0.4, -0.2) is 18.2 Å². The van der Waals surface area contributed by atoms with E-state index in [-0.39, 0.29) is 0 Å². The van der Waals surface area contributed by atoms with Gasteiger partial charge in [-0.05, 0) is 36.6 Å². The van der Waals surface area contributed by atoms with E-state index in [2.05, 4.69) is 13.8 Å². The average molecular weight is 411 g/mol. The average Bonchev–Trinajstić information content (AvgIpc) is 2.78. The van der Waals surface area contributed by atoms with Gasteiger partial charge in [0.25, 0.3) is 0 Å². The molecule has 0 aromatic heterocycles. The van der Waals surface area contributed by atoms with Crippen molar-refractivity contribution >= 4 is 11.9 Å². The van der Waals surface area contributed by atoms with E-state index in [4.69, 9.17) is 9.47 Å². The minimum absolute atomic E-state index is 0.449. The summed E-state index contributed by atoms with van der Waals surface area (Å²) >= 11 is 0. The number of ether oxygens (including phenoxy) is 2. The quantitative estimate of drug-likeness (QED) is 0.269. The highest BCUT2D eigenvalue weighted by atomic mass is 16.7. The molecule has 0 amide bonds. The first-order valence-electron chi connectivity index (χ1n) is 11.2. The fraction of sp³-hybridized carbons (Fsp3) is 0.462. The van der Waals surface area contributed by atoms with Gasteiger partial charge in [0.1, 0.15) is 0 Å². The van der Waals surface area contributed by atoms with Crippen molar-refractivity contribution in [2.24, 2.45) is 5.92 Å². The highest BCUT2D eigenvalue weighted by Crippen LogP contribution is 2.23. The summed E-state index contributed by atoms with van der Waals surface area (Å²) in [6.07, 6.45) is 7.55. The molecule has 30 heavy (non-hydrogen) atoms. The molecule has 162 valence electrons. The number of esters is 2. The van der Waals surface area contributed by atoms with E-state index < -0.39 is 18.2 Å². The second kappa shape index (κ2) is 13.6. The van der Waals surface area contributed by atoms with Crippen LogP contribution in [0.15, 0.2) is 60.7 Å². The Labute approximate surface area is 180 Å². The molecular weight excluding hydrogens is 376 g/mol. The first kappa shape index (κ1) is 23.7. The summed E-state index contributed by atoms with van der Waals surface area (Å²) in [5, 5.41) is 0. The lowest BCUT2D eigenvalue weighted by Crippen LogP contribution is -2.25. The molecule has 0 aliphatic carbocycles. The van der Waals surface area contributed by atoms with Crippen LogP contribution in [0.25, 0.3) is 0 Å². The van der Waals surface area contributed by atoms with Gasteiger partial charge in [0, 0.05) is 6.42 Å². The maximum Gasteiger partial charge on any atom is 0.341 e. The van der Waals surface area contributed by atoms with Crippen molar-refractivity contribution in [1.29, 1.82) is 0 Å². The normalized spacial score (nSPS) is 11.8. The number of carbonyl (C=O) groups is 2. The van der Waals surface area contributed by atoms with Gasteiger partial charge in [-0.1, -0.05) is 88.8 Å². The lowest BCUT2D eigenvalue weighted by Gasteiger charge is -2.20. The fourth-order valence-corrected chi connectivity index (χ4v) is 3.57. The SMILES string of the molecule is CCCCC(CCC)CCCC(OC(=O)c1ccccc1)OC(=O)c1ccccc1. The van der Waals surface area contributed by atoms with Crippen molar-refractivity contribution in [3.05, 3.63) is 71.8 Å². The Morgan fingerprint density at radius 3 is 1.63 bits per heavy atom. The summed E-state index contributed by atoms with van der Waals surface area (Å²) < 4.78 is 11.1. The largest absolute Gasteiger partial charge is 0.422 e. The van der Waals surface area contributed by atoms with Gasteiger partial charge < -0.3 is 9.47 Å². The Bertz CT molecular complexity index is 689. The van der Waals surface area contributed by atoms with Crippen molar-refractivity contribution in [2.75, 3.05) is 0 Å². The molecule has 0 aliphatic rings. The van der Waals surface area contributed by atoms with E-state index in [0.29, 0.717) is 23.5 Å². The summed E-state index contributed by atoms with van der Waals surface area (Å²) in [7, 11) is 0. The molecule has 0 fully saturated rings. The van der Waals surface area contributed by atoms with Gasteiger partial charge in [-0.15, -0.1) is 0 Å². The predicted octanol–water partition coefficient (Wildman–Crippen LogP) is 6.80. The molecular formula is C26H34O4. The number of hydrogen-bond donors (Lipinski definition) is 0. The van der Waals surface area contributed by atoms with Crippen molar-refractivity contribution in [1.82, 2.24) is 0 Å². The van der Waals surface area contributed by atoms with Crippen LogP contribution in [0.1, 0.15) is 85.9 Å². The Morgan fingerprint density at radius 1 is 0.667 bits per heavy atom. The van der Waals surface area contributed by atoms with E-state index in [9.17, 15) is 9.59 Å². The van der Waals surface area contributed by atoms with Gasteiger partial charge in [0.15, 0.2) is 0 Å². The van der Waals surface area contributed by atoms with Gasteiger partial charge >= 0.3 is 11.9 Å². The zero-order valence-corrected chi connectivity index (χ0v) is 18.2. The van der Waals surface area contributed by atoms with Gasteiger partial charge in [0.2, 0.25) is 6.29 Å². The summed E-state index contributed by atoms with van der Waals surface area (Å²) in [6, 6.07) is 17.6. The van der Waals surface area contributed by atoms with Crippen LogP contribution >= 0.6 is 0 Å². The molecule has 0 saturated heterocycles. The van der Waals surface area contributed by atoms with Crippen molar-refractivity contribution < 1.29 is 19.1 Å². The highest BCUT2D eigenvalue weighted by molar-refractivity contribution is 5.90. The standard InChI is InChI=1S/C26H34O4/c1-3-5-14-21(13-4-2)15-12-20-24(29-25(27)22-16-8-6-9-17-22)30-26(28)23-18-10-7-11-19-23/h6-11,16-19,21,24H,3-5,12-15,20H2,1-2H3. The summed E-state index contributed by atoms with van der Waals surface area (Å²) in [5.41, 5.74) is 0.898. The molecule has 0 aliphatic heterocycles. The van der Waals surface area contributed by atoms with E-state index in [1.165, 1.54) is 32.1 Å². The number of rotatable bonds is 13. The van der Waals surface area contributed by atoms with Crippen molar-refractivity contribution in [2.45, 2.75) is 71.5 Å². The molecule has 4 heteroatoms. The van der Waals surface area contributed by atoms with Crippen LogP contribution in [0, 0.1) is 5.92 Å². The van der Waals surface area contributed by atoms with Crippen LogP contribution in [0.4, 0.5) is 0 Å². The summed E-state index contributed by atoms with van der Waals surface area (Å²) in [4.78, 5) is 25.0. The Balaban J connectivity index is 1.98. The number of unbranched alkanes of at least 4 members (excludes halogenated alkanes) is 1. The highest BCUT2D eigenvalue weighted by Gasteiger charge is 2.21. The van der Waals surface area contributed by atoms with E-state index in [0.717, 1.165) is 12.8 Å². The molecule has 2 aromatic rings. The third-order valence-corrected chi connectivity index (χ3v) is 5.21. The molecule has 2 rings (SSSR count). The second-order valence-electron chi connectivity index (χ2n) is 7.70. The molecule has 0 radical (unpaired) electrons. The van der Waals surface area contributed by atoms with E-state index in [1.807, 2.05) is 12.1 Å². The first-order valence-corrected chi connectivity index (χ1v) is 11.2. The number of carbonyl (C=O) groups excluding carboxylic acids is 2. The molecule has 1 atom stereocenters. The first-order chi connectivity index (χ1) is 14.6. The molecule has 0 N–H and O–H groups in total. The van der Waals surface area contributed by atoms with Crippen LogP contribution in [-0.2, 0) is 9.47 Å². The number of hydrogen-bond acceptors (Lipinski definition) is 4. The molecule has 0 spiro atoms. The lowest BCUT2D eigenvalue weighted by molar-refractivity contribution is -0.0841. The van der Waals surface area contributed by atoms with Crippen molar-refractivity contribution in [3.8, 4) is 0 Å². The molecule has 4 nitrogen and oxygen atoms in total. The Kier molecular flexibility index (Phi) is 10.7. The minimum atomic E-state index is -0.890. The smallest absolute Gasteiger partial charge is 0.341 e. The van der Waals surface area contributed by atoms with E-state index in [1.54, 1.807) is 48.5 Å². The summed E-state index contributed by atoms with van der Waals surface area (Å²) in [5.74, 6) is -0.277. The molecule has 0 heterocycles. The van der Waals surface area contributed by atoms with Crippen LogP contribution < -0.4 is 0 Å². The number of benzene rings is 2. The topological polar surface area (TPSA) is 52.6 Å². The minimum Gasteiger partial charge on any atom is -0.422 e. The lowest BCUT2D eigenvalue weighted by atomic mass is 9.92. The van der Waals surface area contributed by atoms with Gasteiger partial charge in [-0.25, -0.2) is 9.59 Å². The van der Waals surface area contributed by atoms with Gasteiger partial charge in [0.05, 0.1) is 11.1 Å². The maximum atomic E-state index is 12.5. The molecule has 1 unspecified atom stereocenters. The van der Waals surface area contributed by atoms with Gasteiger partial charge in [-0.3, -0.25) is 0 Å². The zero-order chi connectivity index (χ0) is 21.6. The third kappa shape index (κ3) is 8.40. The van der Waals surface area contributed by atoms with Crippen LogP contribution in [0.5, 0.6) is 0 Å². The van der Waals surface area contributed by atoms with Crippen molar-refractivity contribution in [3.63, 3.8) is 0 Å². The molecule has 2 aromatic carbocycles. The van der Waals surface area contributed by atoms with Crippen LogP contribution in [0.3, 0.4) is 0 Å². The third-order valence-electron chi connectivity index (χ3n) is 5.21. The van der Waals surface area contributed by atoms with Crippen LogP contribution in [0.2, 0.25) is 0 Å². The fourth-order valence-electron chi connectivity index (χ4n) is 3.57. The Morgan fingerprint density at radius 2 is 1.17 bits per heavy atom. The van der Waals surface area contributed by atoms with Gasteiger partial charge in [-0.2, -0.15) is 0 Å². The maximum absolute atomic E-state index is 12.5. The monoisotopic (exact) mass is 410 g/mol. The molecule has 0 bridgehead atoms. The zero-order valence-electron chi connectivity index (χ0n) is 18.2. The van der Waals surface area contributed by atoms with E-state index >= 15 is 0 Å². The summed E-state index contributed by atoms with van der Waals surface area (Å²) in [6.45, 7) is 4.43. The second-order valence-corrected chi connectivity index (χ2v) is 7.70. The Hall–Kier alpha value is -2.62. The molecule has 0 saturated carbocycles. The predicted molar refractivity (Wildman–Crippen MR) is 119 cm³/mol.